The normalized spacial score (nSPS) is 10.5. The van der Waals surface area contributed by atoms with Gasteiger partial charge in [0.1, 0.15) is 22.5 Å². The zero-order valence-electron chi connectivity index (χ0n) is 27.2. The molecule has 0 aliphatic heterocycles. The van der Waals surface area contributed by atoms with E-state index < -0.39 is 28.1 Å². The lowest BCUT2D eigenvalue weighted by Crippen LogP contribution is -2.43. The molecule has 0 spiro atoms. The molecule has 14 nitrogen and oxygen atoms in total. The summed E-state index contributed by atoms with van der Waals surface area (Å²) in [6.45, 7) is 3.69. The van der Waals surface area contributed by atoms with Gasteiger partial charge in [-0.3, -0.25) is 33.3 Å². The topological polar surface area (TPSA) is 172 Å². The summed E-state index contributed by atoms with van der Waals surface area (Å²) in [4.78, 5) is 78.6. The van der Waals surface area contributed by atoms with Crippen LogP contribution in [0, 0.1) is 13.8 Å². The lowest BCUT2D eigenvalue weighted by Gasteiger charge is -2.16. The summed E-state index contributed by atoms with van der Waals surface area (Å²) in [5.41, 5.74) is -0.0138. The molecule has 0 aliphatic carbocycles. The van der Waals surface area contributed by atoms with Crippen LogP contribution in [0.4, 0.5) is 0 Å². The number of methoxy groups -OCH3 is 2. The molecule has 0 saturated heterocycles. The number of hydrogen-bond acceptors (Lipinski definition) is 8. The van der Waals surface area contributed by atoms with Crippen LogP contribution in [0.15, 0.2) is 89.7 Å². The van der Waals surface area contributed by atoms with Gasteiger partial charge in [0.15, 0.2) is 0 Å². The van der Waals surface area contributed by atoms with Gasteiger partial charge in [-0.05, 0) is 60.4 Å². The number of nitrogens with zero attached hydrogens (tertiary/aromatic N) is 4. The van der Waals surface area contributed by atoms with E-state index in [9.17, 15) is 28.8 Å². The SMILES string of the molecule is C.C.COc1ccc(Cn2c(=O)c3c(C)cn(C)c(=O)c3n(Cc3ccc(OC)cc3)c2=O)cc1.Cc1cn(C)c(=O)c2[nH]c(=O)[nH]c(=O)c12. The molecule has 264 valence electrons. The maximum Gasteiger partial charge on any atom is 0.332 e. The van der Waals surface area contributed by atoms with Crippen molar-refractivity contribution in [3.05, 3.63) is 146 Å². The average Bonchev–Trinajstić information content (AvgIpc) is 3.06. The summed E-state index contributed by atoms with van der Waals surface area (Å²) in [6, 6.07) is 14.4. The number of H-pyrrole nitrogens is 2. The summed E-state index contributed by atoms with van der Waals surface area (Å²) in [6.07, 6.45) is 3.17. The van der Waals surface area contributed by atoms with Gasteiger partial charge in [-0.25, -0.2) is 9.59 Å². The van der Waals surface area contributed by atoms with E-state index >= 15 is 0 Å². The molecule has 0 amide bonds. The van der Waals surface area contributed by atoms with Crippen molar-refractivity contribution < 1.29 is 9.47 Å². The Morgan fingerprint density at radius 1 is 0.600 bits per heavy atom. The smallest absolute Gasteiger partial charge is 0.332 e. The van der Waals surface area contributed by atoms with Crippen LogP contribution < -0.4 is 43.1 Å². The van der Waals surface area contributed by atoms with Gasteiger partial charge in [-0.15, -0.1) is 0 Å². The van der Waals surface area contributed by atoms with Crippen LogP contribution in [-0.4, -0.2) is 42.5 Å². The third-order valence-corrected chi connectivity index (χ3v) is 7.99. The number of fused-ring (bicyclic) bond motifs is 2. The minimum Gasteiger partial charge on any atom is -0.497 e. The molecule has 0 atom stereocenters. The molecule has 14 heteroatoms. The molecule has 4 aromatic heterocycles. The summed E-state index contributed by atoms with van der Waals surface area (Å²) in [5, 5.41) is 0.484. The second kappa shape index (κ2) is 15.4. The van der Waals surface area contributed by atoms with Crippen molar-refractivity contribution in [2.75, 3.05) is 14.2 Å². The monoisotopic (exact) mass is 686 g/mol. The van der Waals surface area contributed by atoms with Gasteiger partial charge in [0.05, 0.1) is 38.1 Å². The second-order valence-corrected chi connectivity index (χ2v) is 11.3. The molecule has 0 fully saturated rings. The van der Waals surface area contributed by atoms with E-state index in [-0.39, 0.29) is 55.3 Å². The number of ether oxygens (including phenoxy) is 2. The van der Waals surface area contributed by atoms with E-state index in [1.54, 1.807) is 91.0 Å². The Balaban J connectivity index is 0.000000335. The van der Waals surface area contributed by atoms with Crippen molar-refractivity contribution >= 4 is 21.8 Å². The number of pyridine rings is 2. The number of rotatable bonds is 6. The Hall–Kier alpha value is -6.18. The Morgan fingerprint density at radius 2 is 1.06 bits per heavy atom. The van der Waals surface area contributed by atoms with Crippen molar-refractivity contribution in [3.63, 3.8) is 0 Å². The lowest BCUT2D eigenvalue weighted by atomic mass is 10.1. The molecule has 2 N–H and O–H groups in total. The van der Waals surface area contributed by atoms with Crippen LogP contribution in [0.2, 0.25) is 0 Å². The van der Waals surface area contributed by atoms with E-state index in [0.717, 1.165) is 11.1 Å². The third kappa shape index (κ3) is 7.28. The van der Waals surface area contributed by atoms with Crippen LogP contribution in [0.25, 0.3) is 21.8 Å². The number of nitrogens with one attached hydrogen (secondary N) is 2. The zero-order chi connectivity index (χ0) is 34.9. The van der Waals surface area contributed by atoms with Crippen LogP contribution in [0.3, 0.4) is 0 Å². The molecule has 0 aliphatic rings. The van der Waals surface area contributed by atoms with E-state index in [1.165, 1.54) is 18.3 Å². The first-order valence-corrected chi connectivity index (χ1v) is 14.8. The third-order valence-electron chi connectivity index (χ3n) is 7.99. The first-order valence-electron chi connectivity index (χ1n) is 14.8. The van der Waals surface area contributed by atoms with Gasteiger partial charge >= 0.3 is 11.4 Å². The first-order chi connectivity index (χ1) is 22.8. The van der Waals surface area contributed by atoms with Gasteiger partial charge in [-0.1, -0.05) is 39.1 Å². The fourth-order valence-corrected chi connectivity index (χ4v) is 5.58. The van der Waals surface area contributed by atoms with E-state index in [1.807, 2.05) is 12.1 Å². The zero-order valence-corrected chi connectivity index (χ0v) is 27.2. The number of aromatic nitrogens is 6. The largest absolute Gasteiger partial charge is 0.497 e. The molecule has 0 bridgehead atoms. The van der Waals surface area contributed by atoms with Crippen molar-refractivity contribution in [1.29, 1.82) is 0 Å². The van der Waals surface area contributed by atoms with Crippen LogP contribution in [0.1, 0.15) is 37.1 Å². The quantitative estimate of drug-likeness (QED) is 0.269. The Morgan fingerprint density at radius 3 is 1.56 bits per heavy atom. The Labute approximate surface area is 286 Å². The summed E-state index contributed by atoms with van der Waals surface area (Å²) in [7, 11) is 6.33. The fraction of sp³-hybridized carbons (Fsp3) is 0.278. The fourth-order valence-electron chi connectivity index (χ4n) is 5.58. The molecule has 4 heterocycles. The van der Waals surface area contributed by atoms with Gasteiger partial charge in [0.2, 0.25) is 0 Å². The highest BCUT2D eigenvalue weighted by molar-refractivity contribution is 5.81. The molecule has 0 radical (unpaired) electrons. The van der Waals surface area contributed by atoms with Crippen LogP contribution >= 0.6 is 0 Å². The summed E-state index contributed by atoms with van der Waals surface area (Å²) in [5.74, 6) is 1.37. The predicted molar refractivity (Wildman–Crippen MR) is 195 cm³/mol. The molecule has 50 heavy (non-hydrogen) atoms. The lowest BCUT2D eigenvalue weighted by molar-refractivity contribution is 0.414. The number of aryl methyl sites for hydroxylation is 4. The maximum absolute atomic E-state index is 13.6. The number of benzene rings is 2. The average molecular weight is 687 g/mol. The van der Waals surface area contributed by atoms with Crippen molar-refractivity contribution in [3.8, 4) is 11.5 Å². The highest BCUT2D eigenvalue weighted by Gasteiger charge is 2.19. The van der Waals surface area contributed by atoms with E-state index in [4.69, 9.17) is 9.47 Å². The van der Waals surface area contributed by atoms with Crippen LogP contribution in [0.5, 0.6) is 11.5 Å². The standard InChI is InChI=1S/C25H25N3O5.C9H9N3O3.2CH4/c1-16-13-26(2)24(30)22-21(16)23(29)28(15-18-7-11-20(33-4)12-8-18)25(31)27(22)14-17-5-9-19(32-3)10-6-17;1-4-3-12(2)8(14)6-5(4)7(13)11-9(15)10-6;;/h5-13H,14-15H2,1-4H3;3H,1-2H3,(H2,10,11,13,15);2*1H4. The molecule has 2 aromatic carbocycles. The number of hydrogen-bond donors (Lipinski definition) is 2. The van der Waals surface area contributed by atoms with Gasteiger partial charge < -0.3 is 23.6 Å². The van der Waals surface area contributed by atoms with Gasteiger partial charge in [0.25, 0.3) is 22.2 Å². The highest BCUT2D eigenvalue weighted by Crippen LogP contribution is 2.16. The second-order valence-electron chi connectivity index (χ2n) is 11.3. The minimum absolute atomic E-state index is 0. The highest BCUT2D eigenvalue weighted by atomic mass is 16.5. The van der Waals surface area contributed by atoms with Gasteiger partial charge in [0, 0.05) is 26.5 Å². The van der Waals surface area contributed by atoms with Crippen LogP contribution in [-0.2, 0) is 27.2 Å². The summed E-state index contributed by atoms with van der Waals surface area (Å²) >= 11 is 0. The Bertz CT molecular complexity index is 2530. The van der Waals surface area contributed by atoms with Crippen molar-refractivity contribution in [1.82, 2.24) is 28.2 Å². The predicted octanol–water partition coefficient (Wildman–Crippen LogP) is 2.78. The van der Waals surface area contributed by atoms with Crippen molar-refractivity contribution in [2.24, 2.45) is 14.1 Å². The molecule has 6 rings (SSSR count). The molecule has 0 unspecified atom stereocenters. The molecule has 0 saturated carbocycles. The maximum atomic E-state index is 13.6. The number of aromatic amines is 2. The summed E-state index contributed by atoms with van der Waals surface area (Å²) < 4.78 is 15.7. The molecular formula is C36H42N6O8. The molecule has 6 aromatic rings. The van der Waals surface area contributed by atoms with Crippen molar-refractivity contribution in [2.45, 2.75) is 41.8 Å². The molecular weight excluding hydrogens is 644 g/mol. The Kier molecular flexibility index (Phi) is 11.8. The van der Waals surface area contributed by atoms with Gasteiger partial charge in [-0.2, -0.15) is 0 Å². The minimum atomic E-state index is -0.671. The van der Waals surface area contributed by atoms with E-state index in [2.05, 4.69) is 9.97 Å². The van der Waals surface area contributed by atoms with E-state index in [0.29, 0.717) is 22.6 Å². The first kappa shape index (κ1) is 38.3.